The second-order valence-corrected chi connectivity index (χ2v) is 16.6. The molecule has 12 nitrogen and oxygen atoms in total. The average Bonchev–Trinajstić information content (AvgIpc) is 3.27. The molecule has 1 aliphatic heterocycles. The summed E-state index contributed by atoms with van der Waals surface area (Å²) < 4.78 is 20.9. The van der Waals surface area contributed by atoms with Crippen molar-refractivity contribution in [1.82, 2.24) is 4.90 Å². The molecule has 61 heavy (non-hydrogen) atoms. The van der Waals surface area contributed by atoms with E-state index < -0.39 is 22.7 Å². The lowest BCUT2D eigenvalue weighted by molar-refractivity contribution is -0.384. The maximum atomic E-state index is 14.6. The summed E-state index contributed by atoms with van der Waals surface area (Å²) in [6, 6.07) is 19.3. The molecule has 6 unspecified atom stereocenters. The lowest BCUT2D eigenvalue weighted by Gasteiger charge is -2.60. The monoisotopic (exact) mass is 853 g/mol. The van der Waals surface area contributed by atoms with Crippen LogP contribution < -0.4 is 9.47 Å². The molecule has 1 heterocycles. The number of allylic oxidation sites excluding steroid dienone is 1. The lowest BCUT2D eigenvalue weighted by Crippen LogP contribution is -2.70. The fraction of sp³-hybridized carbons (Fsp3) is 0.458. The van der Waals surface area contributed by atoms with Crippen LogP contribution in [0.3, 0.4) is 0 Å². The number of hydrogen-bond donors (Lipinski definition) is 2. The molecule has 3 aromatic rings. The summed E-state index contributed by atoms with van der Waals surface area (Å²) >= 11 is 1.67. The van der Waals surface area contributed by atoms with Crippen molar-refractivity contribution in [1.29, 1.82) is 0 Å². The SMILES string of the molecule is C=CCOC12Oc3ccc(Oc4ccc(SC)cc4)cc3C3C(CCCCO)C(CCCCO)C=C(C(=NOCC)CC1N(CCC)C(=O)C=Cc1ccc([N+](=O)[O-])cc1)C32. The van der Waals surface area contributed by atoms with Crippen molar-refractivity contribution < 1.29 is 39.0 Å². The Kier molecular flexibility index (Phi) is 16.2. The third kappa shape index (κ3) is 10.4. The van der Waals surface area contributed by atoms with Gasteiger partial charge < -0.3 is 34.2 Å². The number of fused-ring (bicyclic) bond motifs is 2. The molecule has 1 saturated carbocycles. The highest BCUT2D eigenvalue weighted by atomic mass is 32.2. The first-order valence-corrected chi connectivity index (χ1v) is 22.7. The molecule has 3 aliphatic rings. The van der Waals surface area contributed by atoms with Crippen molar-refractivity contribution in [3.63, 3.8) is 0 Å². The number of nitro benzene ring substituents is 1. The Hall–Kier alpha value is -4.95. The van der Waals surface area contributed by atoms with Gasteiger partial charge in [-0.15, -0.1) is 18.3 Å². The van der Waals surface area contributed by atoms with Gasteiger partial charge in [-0.1, -0.05) is 37.1 Å². The number of aliphatic hydroxyl groups is 2. The smallest absolute Gasteiger partial charge is 0.269 e. The van der Waals surface area contributed by atoms with E-state index in [9.17, 15) is 25.1 Å². The van der Waals surface area contributed by atoms with Gasteiger partial charge in [0.1, 0.15) is 29.9 Å². The van der Waals surface area contributed by atoms with E-state index in [2.05, 4.69) is 18.7 Å². The summed E-state index contributed by atoms with van der Waals surface area (Å²) in [5, 5.41) is 35.9. The van der Waals surface area contributed by atoms with Gasteiger partial charge in [-0.05, 0) is 129 Å². The number of nitrogens with zero attached hydrogens (tertiary/aromatic N) is 3. The van der Waals surface area contributed by atoms with E-state index in [1.165, 1.54) is 18.2 Å². The molecular weight excluding hydrogens is 795 g/mol. The van der Waals surface area contributed by atoms with E-state index in [4.69, 9.17) is 24.2 Å². The van der Waals surface area contributed by atoms with Gasteiger partial charge in [-0.2, -0.15) is 0 Å². The summed E-state index contributed by atoms with van der Waals surface area (Å²) in [5.41, 5.74) is 3.26. The minimum absolute atomic E-state index is 0.0323. The summed E-state index contributed by atoms with van der Waals surface area (Å²) in [4.78, 5) is 34.3. The van der Waals surface area contributed by atoms with Crippen molar-refractivity contribution >= 4 is 35.1 Å². The van der Waals surface area contributed by atoms with Gasteiger partial charge in [0.2, 0.25) is 11.7 Å². The van der Waals surface area contributed by atoms with Gasteiger partial charge in [-0.25, -0.2) is 0 Å². The van der Waals surface area contributed by atoms with E-state index in [1.807, 2.05) is 61.4 Å². The van der Waals surface area contributed by atoms with Gasteiger partial charge in [0, 0.05) is 60.8 Å². The van der Waals surface area contributed by atoms with Crippen LogP contribution in [0.2, 0.25) is 0 Å². The molecule has 3 aromatic carbocycles. The van der Waals surface area contributed by atoms with Gasteiger partial charge >= 0.3 is 0 Å². The molecule has 0 bridgehead atoms. The third-order valence-corrected chi connectivity index (χ3v) is 12.6. The summed E-state index contributed by atoms with van der Waals surface area (Å²) in [7, 11) is 0. The Morgan fingerprint density at radius 1 is 1.03 bits per heavy atom. The van der Waals surface area contributed by atoms with Crippen molar-refractivity contribution in [2.45, 2.75) is 87.9 Å². The second kappa shape index (κ2) is 21.7. The van der Waals surface area contributed by atoms with Crippen LogP contribution in [0.25, 0.3) is 6.08 Å². The lowest BCUT2D eigenvalue weighted by atomic mass is 9.55. The predicted molar refractivity (Wildman–Crippen MR) is 239 cm³/mol. The molecule has 2 aliphatic carbocycles. The maximum Gasteiger partial charge on any atom is 0.269 e. The first-order valence-electron chi connectivity index (χ1n) is 21.5. The van der Waals surface area contributed by atoms with Crippen molar-refractivity contribution in [3.8, 4) is 17.2 Å². The first-order chi connectivity index (χ1) is 29.7. The second-order valence-electron chi connectivity index (χ2n) is 15.7. The van der Waals surface area contributed by atoms with Crippen LogP contribution in [0, 0.1) is 27.9 Å². The Balaban J connectivity index is 1.54. The minimum atomic E-state index is -1.39. The molecule has 6 atom stereocenters. The molecule has 1 amide bonds. The molecule has 1 fully saturated rings. The molecular formula is C48H59N3O9S. The van der Waals surface area contributed by atoms with Gasteiger partial charge in [-0.3, -0.25) is 14.9 Å². The number of oxime groups is 1. The predicted octanol–water partition coefficient (Wildman–Crippen LogP) is 9.71. The zero-order valence-electron chi connectivity index (χ0n) is 35.4. The Bertz CT molecular complexity index is 2050. The van der Waals surface area contributed by atoms with Gasteiger partial charge in [0.25, 0.3) is 5.69 Å². The normalized spacial score (nSPS) is 23.4. The van der Waals surface area contributed by atoms with E-state index in [0.29, 0.717) is 55.2 Å². The number of carbonyl (C=O) groups excluding carboxylic acids is 1. The zero-order valence-corrected chi connectivity index (χ0v) is 36.3. The number of thioether (sulfide) groups is 1. The van der Waals surface area contributed by atoms with Crippen LogP contribution in [-0.4, -0.2) is 82.7 Å². The van der Waals surface area contributed by atoms with E-state index in [-0.39, 0.29) is 55.6 Å². The van der Waals surface area contributed by atoms with Gasteiger partial charge in [0.15, 0.2) is 0 Å². The van der Waals surface area contributed by atoms with Gasteiger partial charge in [0.05, 0.1) is 23.2 Å². The van der Waals surface area contributed by atoms with Crippen molar-refractivity contribution in [2.75, 3.05) is 39.2 Å². The number of non-ortho nitro benzene ring substituents is 1. The molecule has 2 N–H and O–H groups in total. The largest absolute Gasteiger partial charge is 0.459 e. The summed E-state index contributed by atoms with van der Waals surface area (Å²) in [6.45, 7) is 9.01. The summed E-state index contributed by atoms with van der Waals surface area (Å²) in [6.07, 6.45) is 14.8. The number of benzene rings is 3. The number of amides is 1. The Labute approximate surface area is 363 Å². The van der Waals surface area contributed by atoms with Crippen LogP contribution in [0.15, 0.2) is 107 Å². The molecule has 0 spiro atoms. The first kappa shape index (κ1) is 45.6. The Morgan fingerprint density at radius 2 is 1.75 bits per heavy atom. The average molecular weight is 854 g/mol. The summed E-state index contributed by atoms with van der Waals surface area (Å²) in [5.74, 6) is -0.142. The van der Waals surface area contributed by atoms with Crippen LogP contribution >= 0.6 is 11.8 Å². The van der Waals surface area contributed by atoms with Crippen molar-refractivity contribution in [3.05, 3.63) is 118 Å². The molecule has 0 radical (unpaired) electrons. The molecule has 326 valence electrons. The zero-order chi connectivity index (χ0) is 43.4. The van der Waals surface area contributed by atoms with E-state index in [0.717, 1.165) is 47.4 Å². The highest BCUT2D eigenvalue weighted by molar-refractivity contribution is 7.98. The number of rotatable bonds is 22. The number of carbonyl (C=O) groups is 1. The highest BCUT2D eigenvalue weighted by Gasteiger charge is 2.65. The number of ether oxygens (including phenoxy) is 3. The number of hydrogen-bond acceptors (Lipinski definition) is 11. The van der Waals surface area contributed by atoms with Crippen LogP contribution in [0.5, 0.6) is 17.2 Å². The number of unbranched alkanes of at least 4 members (excludes halogenated alkanes) is 2. The van der Waals surface area contributed by atoms with Crippen LogP contribution in [-0.2, 0) is 14.4 Å². The number of nitro groups is 1. The van der Waals surface area contributed by atoms with E-state index >= 15 is 0 Å². The quantitative estimate of drug-likeness (QED) is 0.0250. The molecule has 13 heteroatoms. The van der Waals surface area contributed by atoms with Crippen LogP contribution in [0.1, 0.15) is 82.3 Å². The minimum Gasteiger partial charge on any atom is -0.459 e. The molecule has 0 aromatic heterocycles. The fourth-order valence-corrected chi connectivity index (χ4v) is 9.67. The third-order valence-electron chi connectivity index (χ3n) is 11.9. The van der Waals surface area contributed by atoms with Crippen LogP contribution in [0.4, 0.5) is 5.69 Å². The highest BCUT2D eigenvalue weighted by Crippen LogP contribution is 2.62. The van der Waals surface area contributed by atoms with E-state index in [1.54, 1.807) is 36.0 Å². The molecule has 6 rings (SSSR count). The molecule has 0 saturated heterocycles. The topological polar surface area (TPSA) is 153 Å². The number of aliphatic hydroxyl groups excluding tert-OH is 2. The van der Waals surface area contributed by atoms with Crippen molar-refractivity contribution in [2.24, 2.45) is 22.9 Å². The standard InChI is InChI=1S/C48H59N3O9S/c1-5-26-50(45(54)25-16-33-14-17-35(18-15-33)51(55)56)44-32-42(49-58-7-3)40-30-34(12-8-10-27-52)39(13-9-11-28-53)46-41-31-37(59-36-19-22-38(61-4)23-20-36)21-24-43(41)60-48(44,47(40)46)57-29-6-2/h6,14-25,30-31,34,39,44,46-47,52-53H,2,5,7-13,26-29,32H2,1,3-4H3. The Morgan fingerprint density at radius 3 is 2.41 bits per heavy atom. The maximum absolute atomic E-state index is 14.6. The fourth-order valence-electron chi connectivity index (χ4n) is 9.27.